The fourth-order valence-electron chi connectivity index (χ4n) is 2.35. The van der Waals surface area contributed by atoms with Crippen LogP contribution >= 0.6 is 0 Å². The van der Waals surface area contributed by atoms with Crippen molar-refractivity contribution in [3.05, 3.63) is 23.8 Å². The zero-order chi connectivity index (χ0) is 14.0. The standard InChI is InChI=1S/C15H21NO3/c1-10(2)12-4-5-14-13(8-12)16(7-6-15(17)18)9-11(3)19-14/h4-5,8,10-11H,6-7,9H2,1-3H3,(H,17,18). The molecule has 1 aromatic carbocycles. The summed E-state index contributed by atoms with van der Waals surface area (Å²) in [6.45, 7) is 7.57. The van der Waals surface area contributed by atoms with E-state index in [1.54, 1.807) is 0 Å². The monoisotopic (exact) mass is 263 g/mol. The van der Waals surface area contributed by atoms with Gasteiger partial charge in [0.25, 0.3) is 0 Å². The molecule has 2 rings (SSSR count). The van der Waals surface area contributed by atoms with Crippen LogP contribution in [0.25, 0.3) is 0 Å². The highest BCUT2D eigenvalue weighted by atomic mass is 16.5. The number of carboxylic acids is 1. The van der Waals surface area contributed by atoms with Gasteiger partial charge in [-0.25, -0.2) is 0 Å². The molecule has 1 aliphatic rings. The molecule has 1 N–H and O–H groups in total. The molecule has 1 atom stereocenters. The van der Waals surface area contributed by atoms with Crippen molar-refractivity contribution in [1.29, 1.82) is 0 Å². The summed E-state index contributed by atoms with van der Waals surface area (Å²) in [6, 6.07) is 6.19. The van der Waals surface area contributed by atoms with E-state index in [9.17, 15) is 4.79 Å². The predicted molar refractivity (Wildman–Crippen MR) is 75.1 cm³/mol. The van der Waals surface area contributed by atoms with Crippen molar-refractivity contribution in [2.75, 3.05) is 18.0 Å². The minimum Gasteiger partial charge on any atom is -0.487 e. The van der Waals surface area contributed by atoms with Crippen molar-refractivity contribution in [2.45, 2.75) is 39.2 Å². The number of benzene rings is 1. The van der Waals surface area contributed by atoms with Crippen LogP contribution in [-0.4, -0.2) is 30.3 Å². The molecule has 0 saturated carbocycles. The van der Waals surface area contributed by atoms with Crippen LogP contribution in [0.15, 0.2) is 18.2 Å². The van der Waals surface area contributed by atoms with E-state index in [0.29, 0.717) is 12.5 Å². The van der Waals surface area contributed by atoms with Gasteiger partial charge in [0.15, 0.2) is 0 Å². The summed E-state index contributed by atoms with van der Waals surface area (Å²) in [6.07, 6.45) is 0.240. The molecule has 0 aliphatic carbocycles. The molecule has 0 aromatic heterocycles. The Labute approximate surface area is 114 Å². The summed E-state index contributed by atoms with van der Waals surface area (Å²) in [5.74, 6) is 0.542. The molecule has 0 bridgehead atoms. The van der Waals surface area contributed by atoms with Gasteiger partial charge in [0.05, 0.1) is 18.7 Å². The van der Waals surface area contributed by atoms with Crippen molar-refractivity contribution in [2.24, 2.45) is 0 Å². The average molecular weight is 263 g/mol. The molecule has 0 amide bonds. The van der Waals surface area contributed by atoms with Crippen molar-refractivity contribution >= 4 is 11.7 Å². The lowest BCUT2D eigenvalue weighted by atomic mass is 10.0. The van der Waals surface area contributed by atoms with E-state index < -0.39 is 5.97 Å². The van der Waals surface area contributed by atoms with E-state index in [1.807, 2.05) is 13.0 Å². The first-order valence-corrected chi connectivity index (χ1v) is 6.74. The highest BCUT2D eigenvalue weighted by molar-refractivity contribution is 5.69. The number of hydrogen-bond acceptors (Lipinski definition) is 3. The number of rotatable bonds is 4. The molecule has 1 aliphatic heterocycles. The number of carbonyl (C=O) groups is 1. The van der Waals surface area contributed by atoms with E-state index in [1.165, 1.54) is 5.56 Å². The lowest BCUT2D eigenvalue weighted by Gasteiger charge is -2.35. The van der Waals surface area contributed by atoms with E-state index in [2.05, 4.69) is 30.9 Å². The maximum absolute atomic E-state index is 10.8. The van der Waals surface area contributed by atoms with Gasteiger partial charge in [-0.1, -0.05) is 19.9 Å². The van der Waals surface area contributed by atoms with Gasteiger partial charge >= 0.3 is 5.97 Å². The van der Waals surface area contributed by atoms with E-state index in [-0.39, 0.29) is 12.5 Å². The summed E-state index contributed by atoms with van der Waals surface area (Å²) in [7, 11) is 0. The van der Waals surface area contributed by atoms with E-state index >= 15 is 0 Å². The molecule has 1 heterocycles. The van der Waals surface area contributed by atoms with E-state index in [4.69, 9.17) is 9.84 Å². The first kappa shape index (κ1) is 13.7. The number of ether oxygens (including phenoxy) is 1. The number of anilines is 1. The average Bonchev–Trinajstić information content (AvgIpc) is 2.35. The van der Waals surface area contributed by atoms with Gasteiger partial charge in [-0.3, -0.25) is 4.79 Å². The number of fused-ring (bicyclic) bond motifs is 1. The topological polar surface area (TPSA) is 49.8 Å². The van der Waals surface area contributed by atoms with Crippen LogP contribution in [-0.2, 0) is 4.79 Å². The Morgan fingerprint density at radius 1 is 1.53 bits per heavy atom. The van der Waals surface area contributed by atoms with Crippen molar-refractivity contribution < 1.29 is 14.6 Å². The lowest BCUT2D eigenvalue weighted by molar-refractivity contribution is -0.136. The molecule has 0 fully saturated rings. The maximum atomic E-state index is 10.8. The molecular formula is C15H21NO3. The third-order valence-corrected chi connectivity index (χ3v) is 3.39. The second kappa shape index (κ2) is 5.51. The maximum Gasteiger partial charge on any atom is 0.305 e. The Kier molecular flexibility index (Phi) is 3.98. The summed E-state index contributed by atoms with van der Waals surface area (Å²) in [5.41, 5.74) is 2.27. The van der Waals surface area contributed by atoms with Crippen LogP contribution in [0.1, 0.15) is 38.7 Å². The zero-order valence-electron chi connectivity index (χ0n) is 11.7. The smallest absolute Gasteiger partial charge is 0.305 e. The van der Waals surface area contributed by atoms with Gasteiger partial charge in [0.2, 0.25) is 0 Å². The molecule has 0 spiro atoms. The molecule has 4 nitrogen and oxygen atoms in total. The molecular weight excluding hydrogens is 242 g/mol. The third kappa shape index (κ3) is 3.19. The van der Waals surface area contributed by atoms with Crippen LogP contribution in [0.4, 0.5) is 5.69 Å². The second-order valence-electron chi connectivity index (χ2n) is 5.40. The molecule has 1 aromatic rings. The fraction of sp³-hybridized carbons (Fsp3) is 0.533. The predicted octanol–water partition coefficient (Wildman–Crippen LogP) is 2.87. The normalized spacial score (nSPS) is 18.1. The summed E-state index contributed by atoms with van der Waals surface area (Å²) < 4.78 is 5.81. The molecule has 4 heteroatoms. The minimum absolute atomic E-state index is 0.0891. The van der Waals surface area contributed by atoms with Crippen LogP contribution in [0, 0.1) is 0 Å². The molecule has 19 heavy (non-hydrogen) atoms. The van der Waals surface area contributed by atoms with Gasteiger partial charge in [-0.05, 0) is 30.5 Å². The van der Waals surface area contributed by atoms with Crippen LogP contribution in [0.5, 0.6) is 5.75 Å². The van der Waals surface area contributed by atoms with Crippen LogP contribution < -0.4 is 9.64 Å². The first-order valence-electron chi connectivity index (χ1n) is 6.74. The molecule has 0 radical (unpaired) electrons. The number of nitrogens with zero attached hydrogens (tertiary/aromatic N) is 1. The summed E-state index contributed by atoms with van der Waals surface area (Å²) >= 11 is 0. The van der Waals surface area contributed by atoms with Gasteiger partial charge in [0, 0.05) is 6.54 Å². The van der Waals surface area contributed by atoms with Crippen LogP contribution in [0.2, 0.25) is 0 Å². The highest BCUT2D eigenvalue weighted by Crippen LogP contribution is 2.35. The van der Waals surface area contributed by atoms with Crippen molar-refractivity contribution in [3.63, 3.8) is 0 Å². The Balaban J connectivity index is 2.27. The zero-order valence-corrected chi connectivity index (χ0v) is 11.7. The van der Waals surface area contributed by atoms with Crippen molar-refractivity contribution in [1.82, 2.24) is 0 Å². The Morgan fingerprint density at radius 3 is 2.89 bits per heavy atom. The van der Waals surface area contributed by atoms with Crippen molar-refractivity contribution in [3.8, 4) is 5.75 Å². The third-order valence-electron chi connectivity index (χ3n) is 3.39. The van der Waals surface area contributed by atoms with Gasteiger partial charge in [-0.2, -0.15) is 0 Å². The quantitative estimate of drug-likeness (QED) is 0.907. The lowest BCUT2D eigenvalue weighted by Crippen LogP contribution is -2.39. The SMILES string of the molecule is CC1CN(CCC(=O)O)c2cc(C(C)C)ccc2O1. The van der Waals surface area contributed by atoms with Crippen LogP contribution in [0.3, 0.4) is 0 Å². The number of hydrogen-bond donors (Lipinski definition) is 1. The summed E-state index contributed by atoms with van der Waals surface area (Å²) in [5, 5.41) is 8.84. The minimum atomic E-state index is -0.763. The second-order valence-corrected chi connectivity index (χ2v) is 5.40. The molecule has 1 unspecified atom stereocenters. The molecule has 0 saturated heterocycles. The Hall–Kier alpha value is -1.71. The highest BCUT2D eigenvalue weighted by Gasteiger charge is 2.23. The molecule has 104 valence electrons. The van der Waals surface area contributed by atoms with E-state index in [0.717, 1.165) is 18.0 Å². The fourth-order valence-corrected chi connectivity index (χ4v) is 2.35. The summed E-state index contributed by atoms with van der Waals surface area (Å²) in [4.78, 5) is 12.9. The first-order chi connectivity index (χ1) is 8.97. The van der Waals surface area contributed by atoms with Gasteiger partial charge in [-0.15, -0.1) is 0 Å². The Bertz CT molecular complexity index is 470. The largest absolute Gasteiger partial charge is 0.487 e. The Morgan fingerprint density at radius 2 is 2.26 bits per heavy atom. The van der Waals surface area contributed by atoms with Gasteiger partial charge in [0.1, 0.15) is 11.9 Å². The number of carboxylic acid groups (broad SMARTS) is 1. The van der Waals surface area contributed by atoms with Gasteiger partial charge < -0.3 is 14.7 Å². The number of aliphatic carboxylic acids is 1.